The fourth-order valence-corrected chi connectivity index (χ4v) is 3.57. The Kier molecular flexibility index (Phi) is 6.33. The van der Waals surface area contributed by atoms with Crippen molar-refractivity contribution in [3.63, 3.8) is 0 Å². The molecule has 0 aliphatic carbocycles. The number of hydrogen-bond acceptors (Lipinski definition) is 6. The van der Waals surface area contributed by atoms with Crippen LogP contribution >= 0.6 is 0 Å². The van der Waals surface area contributed by atoms with Crippen molar-refractivity contribution in [3.05, 3.63) is 66.5 Å². The Morgan fingerprint density at radius 1 is 1.00 bits per heavy atom. The maximum Gasteiger partial charge on any atom is 0.241 e. The molecule has 1 aromatic heterocycles. The third-order valence-corrected chi connectivity index (χ3v) is 5.28. The van der Waals surface area contributed by atoms with Gasteiger partial charge in [0.1, 0.15) is 12.1 Å². The molecular weight excluding hydrogens is 390 g/mol. The average Bonchev–Trinajstić information content (AvgIpc) is 2.81. The molecule has 0 radical (unpaired) electrons. The highest BCUT2D eigenvalue weighted by molar-refractivity contribution is 5.95. The van der Waals surface area contributed by atoms with Crippen molar-refractivity contribution in [1.82, 2.24) is 15.3 Å². The van der Waals surface area contributed by atoms with Crippen LogP contribution in [-0.4, -0.2) is 34.2 Å². The van der Waals surface area contributed by atoms with Gasteiger partial charge in [-0.2, -0.15) is 0 Å². The molecule has 1 saturated heterocycles. The normalized spacial score (nSPS) is 15.8. The Labute approximate surface area is 181 Å². The zero-order chi connectivity index (χ0) is 21.6. The van der Waals surface area contributed by atoms with Gasteiger partial charge in [-0.05, 0) is 56.6 Å². The number of nitrogens with one attached hydrogen (secondary N) is 3. The van der Waals surface area contributed by atoms with Crippen LogP contribution in [0, 0.1) is 0 Å². The van der Waals surface area contributed by atoms with E-state index in [9.17, 15) is 9.59 Å². The van der Waals surface area contributed by atoms with E-state index in [1.807, 2.05) is 48.5 Å². The van der Waals surface area contributed by atoms with Crippen LogP contribution in [0.5, 0.6) is 0 Å². The minimum Gasteiger partial charge on any atom is -0.340 e. The molecule has 7 nitrogen and oxygen atoms in total. The maximum atomic E-state index is 12.4. The van der Waals surface area contributed by atoms with Gasteiger partial charge in [0.05, 0.1) is 11.7 Å². The first-order valence-corrected chi connectivity index (χ1v) is 10.4. The molecule has 1 atom stereocenters. The zero-order valence-corrected chi connectivity index (χ0v) is 17.4. The number of rotatable bonds is 6. The summed E-state index contributed by atoms with van der Waals surface area (Å²) in [6.07, 6.45) is 4.56. The standard InChI is InChI=1S/C24H25N5O2/c1-16(30)17-5-4-6-18(13-17)22-14-23(27-15-26-22)28-19-8-10-20(11-9-19)29-24(31)21-7-2-3-12-25-21/h4-6,8-11,13-15,21,25H,2-3,7,12H2,1H3,(H,29,31)(H,26,27,28)/t21-/m0/s1. The van der Waals surface area contributed by atoms with Crippen molar-refractivity contribution >= 4 is 28.9 Å². The largest absolute Gasteiger partial charge is 0.340 e. The predicted molar refractivity (Wildman–Crippen MR) is 121 cm³/mol. The van der Waals surface area contributed by atoms with Gasteiger partial charge in [0, 0.05) is 28.6 Å². The number of benzene rings is 2. The van der Waals surface area contributed by atoms with Crippen LogP contribution in [-0.2, 0) is 4.79 Å². The van der Waals surface area contributed by atoms with Crippen molar-refractivity contribution in [2.45, 2.75) is 32.2 Å². The van der Waals surface area contributed by atoms with Crippen molar-refractivity contribution in [1.29, 1.82) is 0 Å². The van der Waals surface area contributed by atoms with Gasteiger partial charge in [-0.3, -0.25) is 9.59 Å². The number of nitrogens with zero attached hydrogens (tertiary/aromatic N) is 2. The van der Waals surface area contributed by atoms with Crippen LogP contribution in [0.3, 0.4) is 0 Å². The van der Waals surface area contributed by atoms with Crippen molar-refractivity contribution in [3.8, 4) is 11.3 Å². The molecule has 2 heterocycles. The van der Waals surface area contributed by atoms with E-state index in [0.29, 0.717) is 11.4 Å². The van der Waals surface area contributed by atoms with E-state index < -0.39 is 0 Å². The van der Waals surface area contributed by atoms with Crippen LogP contribution in [0.2, 0.25) is 0 Å². The number of ketones is 1. The first-order valence-electron chi connectivity index (χ1n) is 10.4. The minimum atomic E-state index is -0.118. The van der Waals surface area contributed by atoms with E-state index in [4.69, 9.17) is 0 Å². The Morgan fingerprint density at radius 2 is 1.81 bits per heavy atom. The third-order valence-electron chi connectivity index (χ3n) is 5.28. The molecular formula is C24H25N5O2. The smallest absolute Gasteiger partial charge is 0.241 e. The molecule has 0 bridgehead atoms. The van der Waals surface area contributed by atoms with Crippen molar-refractivity contribution in [2.24, 2.45) is 0 Å². The summed E-state index contributed by atoms with van der Waals surface area (Å²) in [5.74, 6) is 0.663. The molecule has 0 spiro atoms. The summed E-state index contributed by atoms with van der Waals surface area (Å²) >= 11 is 0. The molecule has 7 heteroatoms. The number of anilines is 3. The van der Waals surface area contributed by atoms with E-state index in [-0.39, 0.29) is 17.7 Å². The number of carbonyl (C=O) groups excluding carboxylic acids is 2. The van der Waals surface area contributed by atoms with Gasteiger partial charge >= 0.3 is 0 Å². The van der Waals surface area contributed by atoms with E-state index >= 15 is 0 Å². The highest BCUT2D eigenvalue weighted by Crippen LogP contribution is 2.23. The SMILES string of the molecule is CC(=O)c1cccc(-c2cc(Nc3ccc(NC(=O)[C@@H]4CCCCN4)cc3)ncn2)c1. The summed E-state index contributed by atoms with van der Waals surface area (Å²) in [5.41, 5.74) is 3.83. The van der Waals surface area contributed by atoms with Crippen molar-refractivity contribution in [2.75, 3.05) is 17.2 Å². The van der Waals surface area contributed by atoms with Gasteiger partial charge in [0.25, 0.3) is 0 Å². The zero-order valence-electron chi connectivity index (χ0n) is 17.4. The molecule has 1 fully saturated rings. The topological polar surface area (TPSA) is 96.0 Å². The van der Waals surface area contributed by atoms with Gasteiger partial charge in [-0.15, -0.1) is 0 Å². The second kappa shape index (κ2) is 9.49. The Balaban J connectivity index is 1.42. The molecule has 0 saturated carbocycles. The number of carbonyl (C=O) groups is 2. The predicted octanol–water partition coefficient (Wildman–Crippen LogP) is 4.17. The first-order chi connectivity index (χ1) is 15.1. The maximum absolute atomic E-state index is 12.4. The van der Waals surface area contributed by atoms with Crippen LogP contribution in [0.4, 0.5) is 17.2 Å². The first kappa shape index (κ1) is 20.7. The van der Waals surface area contributed by atoms with Crippen molar-refractivity contribution < 1.29 is 9.59 Å². The minimum absolute atomic E-state index is 0.00800. The molecule has 0 unspecified atom stereocenters. The Morgan fingerprint density at radius 3 is 2.55 bits per heavy atom. The van der Waals surface area contributed by atoms with Crippen LogP contribution in [0.15, 0.2) is 60.9 Å². The number of hydrogen-bond donors (Lipinski definition) is 3. The van der Waals surface area contributed by atoms with Gasteiger partial charge in [0.2, 0.25) is 5.91 Å². The lowest BCUT2D eigenvalue weighted by Gasteiger charge is -2.22. The summed E-state index contributed by atoms with van der Waals surface area (Å²) in [6.45, 7) is 2.44. The van der Waals surface area contributed by atoms with Gasteiger partial charge < -0.3 is 16.0 Å². The summed E-state index contributed by atoms with van der Waals surface area (Å²) in [4.78, 5) is 32.6. The van der Waals surface area contributed by atoms with Crippen LogP contribution in [0.25, 0.3) is 11.3 Å². The van der Waals surface area contributed by atoms with Gasteiger partial charge in [0.15, 0.2) is 5.78 Å². The quantitative estimate of drug-likeness (QED) is 0.523. The van der Waals surface area contributed by atoms with Crippen LogP contribution < -0.4 is 16.0 Å². The lowest BCUT2D eigenvalue weighted by atomic mass is 10.0. The number of aromatic nitrogens is 2. The highest BCUT2D eigenvalue weighted by Gasteiger charge is 2.20. The molecule has 1 aliphatic rings. The number of piperidine rings is 1. The monoisotopic (exact) mass is 415 g/mol. The third kappa shape index (κ3) is 5.32. The summed E-state index contributed by atoms with van der Waals surface area (Å²) in [7, 11) is 0. The number of Topliss-reactive ketones (excluding diaryl/α,β-unsaturated/α-hetero) is 1. The summed E-state index contributed by atoms with van der Waals surface area (Å²) in [5, 5.41) is 9.47. The van der Waals surface area contributed by atoms with E-state index in [0.717, 1.165) is 48.4 Å². The molecule has 4 rings (SSSR count). The molecule has 3 aromatic rings. The molecule has 31 heavy (non-hydrogen) atoms. The number of amides is 1. The molecule has 1 aliphatic heterocycles. The van der Waals surface area contributed by atoms with Crippen LogP contribution in [0.1, 0.15) is 36.5 Å². The second-order valence-corrected chi connectivity index (χ2v) is 7.62. The Hall–Kier alpha value is -3.58. The van der Waals surface area contributed by atoms with Gasteiger partial charge in [-0.25, -0.2) is 9.97 Å². The summed E-state index contributed by atoms with van der Waals surface area (Å²) in [6, 6.07) is 16.6. The van der Waals surface area contributed by atoms with Gasteiger partial charge in [-0.1, -0.05) is 24.6 Å². The molecule has 3 N–H and O–H groups in total. The highest BCUT2D eigenvalue weighted by atomic mass is 16.2. The van der Waals surface area contributed by atoms with E-state index in [2.05, 4.69) is 25.9 Å². The lowest BCUT2D eigenvalue weighted by Crippen LogP contribution is -2.43. The van der Waals surface area contributed by atoms with E-state index in [1.165, 1.54) is 6.33 Å². The fourth-order valence-electron chi connectivity index (χ4n) is 3.57. The summed E-state index contributed by atoms with van der Waals surface area (Å²) < 4.78 is 0. The molecule has 158 valence electrons. The lowest BCUT2D eigenvalue weighted by molar-refractivity contribution is -0.118. The molecule has 2 aromatic carbocycles. The fraction of sp³-hybridized carbons (Fsp3) is 0.250. The second-order valence-electron chi connectivity index (χ2n) is 7.62. The molecule has 1 amide bonds. The van der Waals surface area contributed by atoms with E-state index in [1.54, 1.807) is 13.0 Å². The Bertz CT molecular complexity index is 1080. The average molecular weight is 415 g/mol.